The molecule has 2 aromatic heterocycles. The number of ether oxygens (including phenoxy) is 2. The minimum absolute atomic E-state index is 0.0489. The molecule has 4 aromatic rings. The molecule has 7 nitrogen and oxygen atoms in total. The molecule has 0 fully saturated rings. The Bertz CT molecular complexity index is 1470. The molecule has 0 radical (unpaired) electrons. The van der Waals surface area contributed by atoms with Crippen molar-refractivity contribution in [3.63, 3.8) is 0 Å². The van der Waals surface area contributed by atoms with Crippen LogP contribution in [0.3, 0.4) is 0 Å². The SMILES string of the molecule is C=CCOc1ccc(C2c3c(oc4ccc(C)cc4c3=O)C(=O)N2Cc2ccco2)cc1OCC. The van der Waals surface area contributed by atoms with Gasteiger partial charge in [-0.25, -0.2) is 0 Å². The first kappa shape index (κ1) is 22.5. The van der Waals surface area contributed by atoms with Gasteiger partial charge in [-0.3, -0.25) is 9.59 Å². The first-order valence-corrected chi connectivity index (χ1v) is 11.4. The van der Waals surface area contributed by atoms with Crippen LogP contribution in [0.1, 0.15) is 46.0 Å². The van der Waals surface area contributed by atoms with Gasteiger partial charge in [-0.2, -0.15) is 0 Å². The number of hydrogen-bond donors (Lipinski definition) is 0. The second-order valence-corrected chi connectivity index (χ2v) is 8.33. The molecule has 5 rings (SSSR count). The summed E-state index contributed by atoms with van der Waals surface area (Å²) in [7, 11) is 0. The zero-order valence-electron chi connectivity index (χ0n) is 19.6. The van der Waals surface area contributed by atoms with Gasteiger partial charge in [0.1, 0.15) is 18.0 Å². The summed E-state index contributed by atoms with van der Waals surface area (Å²) in [6.07, 6.45) is 3.20. The summed E-state index contributed by atoms with van der Waals surface area (Å²) in [5.41, 5.74) is 2.10. The molecule has 0 bridgehead atoms. The van der Waals surface area contributed by atoms with Crippen molar-refractivity contribution in [3.8, 4) is 11.5 Å². The highest BCUT2D eigenvalue weighted by Crippen LogP contribution is 2.41. The fourth-order valence-electron chi connectivity index (χ4n) is 4.45. The van der Waals surface area contributed by atoms with Gasteiger partial charge in [0.15, 0.2) is 16.9 Å². The van der Waals surface area contributed by atoms with Gasteiger partial charge < -0.3 is 23.2 Å². The molecule has 1 atom stereocenters. The molecule has 1 unspecified atom stereocenters. The lowest BCUT2D eigenvalue weighted by Gasteiger charge is -2.25. The number of benzene rings is 2. The summed E-state index contributed by atoms with van der Waals surface area (Å²) in [5.74, 6) is 1.35. The maximum absolute atomic E-state index is 13.7. The van der Waals surface area contributed by atoms with E-state index in [0.29, 0.717) is 52.6 Å². The molecule has 1 aliphatic rings. The number of hydrogen-bond acceptors (Lipinski definition) is 6. The highest BCUT2D eigenvalue weighted by molar-refractivity contribution is 5.99. The highest BCUT2D eigenvalue weighted by atomic mass is 16.5. The average molecular weight is 472 g/mol. The number of amides is 1. The standard InChI is InChI=1S/C28H25NO6/c1-4-12-34-22-11-9-18(15-23(22)32-5-2)25-24-26(30)20-14-17(3)8-10-21(20)35-27(24)28(31)29(25)16-19-7-6-13-33-19/h4,6-11,13-15,25H,1,5,12,16H2,2-3H3. The van der Waals surface area contributed by atoms with E-state index in [-0.39, 0.29) is 23.6 Å². The first-order chi connectivity index (χ1) is 17.0. The van der Waals surface area contributed by atoms with Crippen LogP contribution in [0.5, 0.6) is 11.5 Å². The Morgan fingerprint density at radius 1 is 1.09 bits per heavy atom. The summed E-state index contributed by atoms with van der Waals surface area (Å²) < 4.78 is 23.1. The van der Waals surface area contributed by atoms with E-state index in [2.05, 4.69) is 6.58 Å². The summed E-state index contributed by atoms with van der Waals surface area (Å²) in [6, 6.07) is 13.7. The van der Waals surface area contributed by atoms with Crippen molar-refractivity contribution in [3.05, 3.63) is 106 Å². The molecule has 35 heavy (non-hydrogen) atoms. The number of rotatable bonds is 8. The molecule has 0 aliphatic carbocycles. The van der Waals surface area contributed by atoms with E-state index in [1.807, 2.05) is 32.0 Å². The van der Waals surface area contributed by atoms with E-state index in [1.54, 1.807) is 47.6 Å². The van der Waals surface area contributed by atoms with Crippen molar-refractivity contribution in [2.24, 2.45) is 0 Å². The second kappa shape index (κ2) is 9.18. The largest absolute Gasteiger partial charge is 0.490 e. The van der Waals surface area contributed by atoms with Gasteiger partial charge in [0.2, 0.25) is 5.76 Å². The lowest BCUT2D eigenvalue weighted by Crippen LogP contribution is -2.29. The maximum atomic E-state index is 13.7. The molecule has 0 saturated carbocycles. The first-order valence-electron chi connectivity index (χ1n) is 11.4. The Morgan fingerprint density at radius 2 is 1.94 bits per heavy atom. The molecule has 0 spiro atoms. The fourth-order valence-corrected chi connectivity index (χ4v) is 4.45. The summed E-state index contributed by atoms with van der Waals surface area (Å²) in [4.78, 5) is 28.9. The van der Waals surface area contributed by atoms with Gasteiger partial charge in [-0.1, -0.05) is 30.4 Å². The van der Waals surface area contributed by atoms with Crippen molar-refractivity contribution >= 4 is 16.9 Å². The minimum atomic E-state index is -0.684. The zero-order chi connectivity index (χ0) is 24.5. The molecule has 178 valence electrons. The average Bonchev–Trinajstić information content (AvgIpc) is 3.46. The quantitative estimate of drug-likeness (QED) is 0.320. The molecular formula is C28H25NO6. The minimum Gasteiger partial charge on any atom is -0.490 e. The number of carbonyl (C=O) groups excluding carboxylic acids is 1. The van der Waals surface area contributed by atoms with Crippen LogP contribution in [0.2, 0.25) is 0 Å². The van der Waals surface area contributed by atoms with Gasteiger partial charge in [0, 0.05) is 0 Å². The van der Waals surface area contributed by atoms with E-state index in [1.165, 1.54) is 0 Å². The van der Waals surface area contributed by atoms with Crippen molar-refractivity contribution in [1.29, 1.82) is 0 Å². The van der Waals surface area contributed by atoms with E-state index in [9.17, 15) is 9.59 Å². The smallest absolute Gasteiger partial charge is 0.291 e. The predicted molar refractivity (Wildman–Crippen MR) is 131 cm³/mol. The van der Waals surface area contributed by atoms with Crippen molar-refractivity contribution in [2.75, 3.05) is 13.2 Å². The Balaban J connectivity index is 1.70. The molecular weight excluding hydrogens is 446 g/mol. The lowest BCUT2D eigenvalue weighted by molar-refractivity contribution is 0.0701. The van der Waals surface area contributed by atoms with E-state index < -0.39 is 6.04 Å². The lowest BCUT2D eigenvalue weighted by atomic mass is 9.97. The summed E-state index contributed by atoms with van der Waals surface area (Å²) in [5, 5.41) is 0.442. The van der Waals surface area contributed by atoms with Crippen LogP contribution in [0.15, 0.2) is 81.1 Å². The van der Waals surface area contributed by atoms with E-state index in [0.717, 1.165) is 5.56 Å². The van der Waals surface area contributed by atoms with Gasteiger partial charge in [-0.05, 0) is 55.8 Å². The van der Waals surface area contributed by atoms with Crippen molar-refractivity contribution < 1.29 is 23.1 Å². The zero-order valence-corrected chi connectivity index (χ0v) is 19.6. The molecule has 1 aliphatic heterocycles. The maximum Gasteiger partial charge on any atom is 0.291 e. The Hall–Kier alpha value is -4.26. The van der Waals surface area contributed by atoms with Gasteiger partial charge in [0.05, 0.1) is 36.4 Å². The second-order valence-electron chi connectivity index (χ2n) is 8.33. The van der Waals surface area contributed by atoms with E-state index >= 15 is 0 Å². The van der Waals surface area contributed by atoms with Crippen LogP contribution < -0.4 is 14.9 Å². The predicted octanol–water partition coefficient (Wildman–Crippen LogP) is 5.40. The number of fused-ring (bicyclic) bond motifs is 2. The third-order valence-electron chi connectivity index (χ3n) is 5.97. The Kier molecular flexibility index (Phi) is 5.91. The third kappa shape index (κ3) is 3.99. The van der Waals surface area contributed by atoms with Crippen molar-refractivity contribution in [2.45, 2.75) is 26.4 Å². The van der Waals surface area contributed by atoms with Crippen LogP contribution in [0.25, 0.3) is 11.0 Å². The highest BCUT2D eigenvalue weighted by Gasteiger charge is 2.43. The van der Waals surface area contributed by atoms with Gasteiger partial charge >= 0.3 is 0 Å². The number of carbonyl (C=O) groups is 1. The number of furan rings is 1. The number of aryl methyl sites for hydroxylation is 1. The van der Waals surface area contributed by atoms with Crippen molar-refractivity contribution in [1.82, 2.24) is 4.90 Å². The molecule has 0 saturated heterocycles. The molecule has 7 heteroatoms. The van der Waals surface area contributed by atoms with Gasteiger partial charge in [-0.15, -0.1) is 0 Å². The van der Waals surface area contributed by atoms with Crippen LogP contribution in [0.4, 0.5) is 0 Å². The fraction of sp³-hybridized carbons (Fsp3) is 0.214. The summed E-state index contributed by atoms with van der Waals surface area (Å²) in [6.45, 7) is 8.40. The van der Waals surface area contributed by atoms with Gasteiger partial charge in [0.25, 0.3) is 5.91 Å². The summed E-state index contributed by atoms with van der Waals surface area (Å²) >= 11 is 0. The number of nitrogens with zero attached hydrogens (tertiary/aromatic N) is 1. The molecule has 0 N–H and O–H groups in total. The van der Waals surface area contributed by atoms with E-state index in [4.69, 9.17) is 18.3 Å². The third-order valence-corrected chi connectivity index (χ3v) is 5.97. The van der Waals surface area contributed by atoms with Crippen LogP contribution in [-0.4, -0.2) is 24.0 Å². The topological polar surface area (TPSA) is 82.1 Å². The molecule has 2 aromatic carbocycles. The van der Waals surface area contributed by atoms with Crippen LogP contribution in [-0.2, 0) is 6.54 Å². The van der Waals surface area contributed by atoms with Crippen LogP contribution >= 0.6 is 0 Å². The molecule has 3 heterocycles. The monoisotopic (exact) mass is 471 g/mol. The Labute approximate surface area is 202 Å². The van der Waals surface area contributed by atoms with Crippen LogP contribution in [0, 0.1) is 6.92 Å². The Morgan fingerprint density at radius 3 is 2.69 bits per heavy atom. The normalized spacial score (nSPS) is 14.9. The molecule has 1 amide bonds.